The number of fused-ring (bicyclic) bond motifs is 2. The summed E-state index contributed by atoms with van der Waals surface area (Å²) in [7, 11) is 2.00. The summed E-state index contributed by atoms with van der Waals surface area (Å²) in [4.78, 5) is 14.0. The molecule has 2 amide bonds. The minimum absolute atomic E-state index is 0.202. The molecule has 1 fully saturated rings. The summed E-state index contributed by atoms with van der Waals surface area (Å²) in [6.45, 7) is 0.829. The van der Waals surface area contributed by atoms with Gasteiger partial charge in [0.05, 0.1) is 13.1 Å². The molecule has 0 aliphatic carbocycles. The number of aryl methyl sites for hydroxylation is 1. The maximum Gasteiger partial charge on any atom is 0.317 e. The van der Waals surface area contributed by atoms with Gasteiger partial charge >= 0.3 is 6.03 Å². The number of hydrogen-bond acceptors (Lipinski definition) is 2. The summed E-state index contributed by atoms with van der Waals surface area (Å²) in [6, 6.07) is 15.3. The van der Waals surface area contributed by atoms with Crippen molar-refractivity contribution in [2.75, 3.05) is 13.1 Å². The predicted octanol–water partition coefficient (Wildman–Crippen LogP) is 3.85. The van der Waals surface area contributed by atoms with Crippen LogP contribution in [0, 0.1) is 0 Å². The first-order valence-electron chi connectivity index (χ1n) is 9.27. The highest BCUT2D eigenvalue weighted by atomic mass is 19.1. The number of benzene rings is 2. The predicted molar refractivity (Wildman–Crippen MR) is 106 cm³/mol. The Morgan fingerprint density at radius 1 is 1.21 bits per heavy atom. The molecule has 2 aliphatic rings. The smallest absolute Gasteiger partial charge is 0.317 e. The Balaban J connectivity index is 1.22. The molecule has 2 aliphatic heterocycles. The number of likely N-dealkylation sites (tertiary alicyclic amines) is 1. The van der Waals surface area contributed by atoms with Crippen molar-refractivity contribution in [2.45, 2.75) is 12.1 Å². The van der Waals surface area contributed by atoms with Crippen molar-refractivity contribution in [2.24, 2.45) is 7.05 Å². The first-order valence-corrected chi connectivity index (χ1v) is 9.27. The summed E-state index contributed by atoms with van der Waals surface area (Å²) in [6.07, 6.45) is 3.51. The van der Waals surface area contributed by atoms with Crippen molar-refractivity contribution in [3.8, 4) is 5.75 Å². The topological polar surface area (TPSA) is 46.5 Å². The fourth-order valence-corrected chi connectivity index (χ4v) is 3.88. The molecule has 6 heteroatoms. The first-order chi connectivity index (χ1) is 13.5. The van der Waals surface area contributed by atoms with E-state index < -0.39 is 5.60 Å². The quantitative estimate of drug-likeness (QED) is 0.738. The molecule has 5 nitrogen and oxygen atoms in total. The van der Waals surface area contributed by atoms with E-state index in [0.29, 0.717) is 12.3 Å². The van der Waals surface area contributed by atoms with Crippen molar-refractivity contribution in [1.82, 2.24) is 14.8 Å². The van der Waals surface area contributed by atoms with Gasteiger partial charge in [-0.3, -0.25) is 0 Å². The monoisotopic (exact) mass is 377 g/mol. The summed E-state index contributed by atoms with van der Waals surface area (Å²) >= 11 is 0. The van der Waals surface area contributed by atoms with Crippen LogP contribution in [-0.4, -0.2) is 34.2 Å². The van der Waals surface area contributed by atoms with Crippen LogP contribution in [0.3, 0.4) is 0 Å². The second-order valence-corrected chi connectivity index (χ2v) is 7.46. The van der Waals surface area contributed by atoms with Gasteiger partial charge in [-0.25, -0.2) is 9.18 Å². The van der Waals surface area contributed by atoms with Crippen LogP contribution in [-0.2, 0) is 13.6 Å². The SMILES string of the molecule is Cn1ccc2cc(CNC(=O)N3CC4(C3)Oc3ccccc3C=C4F)ccc21. The minimum Gasteiger partial charge on any atom is -0.476 e. The zero-order valence-electron chi connectivity index (χ0n) is 15.5. The number of ether oxygens (including phenoxy) is 1. The molecule has 142 valence electrons. The van der Waals surface area contributed by atoms with E-state index in [1.54, 1.807) is 4.90 Å². The molecule has 0 saturated carbocycles. The van der Waals surface area contributed by atoms with E-state index in [2.05, 4.69) is 16.0 Å². The molecule has 0 bridgehead atoms. The van der Waals surface area contributed by atoms with Gasteiger partial charge in [-0.05, 0) is 41.3 Å². The lowest BCUT2D eigenvalue weighted by Crippen LogP contribution is -2.68. The fourth-order valence-electron chi connectivity index (χ4n) is 3.88. The van der Waals surface area contributed by atoms with Crippen molar-refractivity contribution < 1.29 is 13.9 Å². The molecule has 3 aromatic rings. The Labute approximate surface area is 162 Å². The van der Waals surface area contributed by atoms with Gasteiger partial charge in [-0.15, -0.1) is 0 Å². The number of aromatic nitrogens is 1. The number of amides is 2. The largest absolute Gasteiger partial charge is 0.476 e. The van der Waals surface area contributed by atoms with E-state index in [0.717, 1.165) is 22.0 Å². The molecule has 2 aromatic carbocycles. The molecule has 0 unspecified atom stereocenters. The van der Waals surface area contributed by atoms with Gasteiger partial charge in [-0.1, -0.05) is 24.3 Å². The summed E-state index contributed by atoms with van der Waals surface area (Å²) in [5, 5.41) is 4.05. The molecule has 1 aromatic heterocycles. The van der Waals surface area contributed by atoms with Gasteiger partial charge in [0.2, 0.25) is 0 Å². The molecule has 5 rings (SSSR count). The van der Waals surface area contributed by atoms with Gasteiger partial charge in [-0.2, -0.15) is 0 Å². The normalized spacial score (nSPS) is 16.9. The Hall–Kier alpha value is -3.28. The van der Waals surface area contributed by atoms with Crippen LogP contribution in [0.15, 0.2) is 60.6 Å². The van der Waals surface area contributed by atoms with Crippen molar-refractivity contribution in [3.63, 3.8) is 0 Å². The van der Waals surface area contributed by atoms with E-state index in [-0.39, 0.29) is 24.9 Å². The maximum absolute atomic E-state index is 14.6. The average Bonchev–Trinajstić information content (AvgIpc) is 3.04. The number of carbonyl (C=O) groups excluding carboxylic acids is 1. The van der Waals surface area contributed by atoms with Gasteiger partial charge in [0, 0.05) is 30.9 Å². The van der Waals surface area contributed by atoms with Crippen molar-refractivity contribution in [1.29, 1.82) is 0 Å². The Morgan fingerprint density at radius 2 is 2.04 bits per heavy atom. The molecule has 1 saturated heterocycles. The lowest BCUT2D eigenvalue weighted by Gasteiger charge is -2.49. The second kappa shape index (κ2) is 6.12. The van der Waals surface area contributed by atoms with E-state index in [4.69, 9.17) is 4.74 Å². The molecule has 1 spiro atoms. The maximum atomic E-state index is 14.6. The lowest BCUT2D eigenvalue weighted by atomic mass is 9.89. The van der Waals surface area contributed by atoms with Crippen LogP contribution in [0.1, 0.15) is 11.1 Å². The highest BCUT2D eigenvalue weighted by molar-refractivity contribution is 5.81. The molecular weight excluding hydrogens is 357 g/mol. The summed E-state index contributed by atoms with van der Waals surface area (Å²) in [5.74, 6) is 0.324. The zero-order chi connectivity index (χ0) is 19.3. The Bertz CT molecular complexity index is 1110. The molecule has 0 atom stereocenters. The number of urea groups is 1. The summed E-state index contributed by atoms with van der Waals surface area (Å²) in [5.41, 5.74) is 1.85. The number of para-hydroxylation sites is 1. The highest BCUT2D eigenvalue weighted by Gasteiger charge is 2.53. The Kier molecular flexibility index (Phi) is 3.69. The first kappa shape index (κ1) is 16.9. The second-order valence-electron chi connectivity index (χ2n) is 7.46. The number of hydrogen-bond donors (Lipinski definition) is 1. The van der Waals surface area contributed by atoms with E-state index in [1.165, 1.54) is 6.08 Å². The lowest BCUT2D eigenvalue weighted by molar-refractivity contribution is -0.0418. The van der Waals surface area contributed by atoms with E-state index in [9.17, 15) is 9.18 Å². The number of nitrogens with one attached hydrogen (secondary N) is 1. The zero-order valence-corrected chi connectivity index (χ0v) is 15.5. The van der Waals surface area contributed by atoms with Crippen molar-refractivity contribution in [3.05, 3.63) is 71.7 Å². The van der Waals surface area contributed by atoms with Crippen LogP contribution in [0.5, 0.6) is 5.75 Å². The van der Waals surface area contributed by atoms with Crippen LogP contribution < -0.4 is 10.1 Å². The summed E-state index contributed by atoms with van der Waals surface area (Å²) < 4.78 is 22.5. The number of halogens is 1. The fraction of sp³-hybridized carbons (Fsp3) is 0.227. The standard InChI is InChI=1S/C22H20FN3O2/c1-25-9-8-16-10-15(6-7-18(16)25)12-24-21(27)26-13-22(14-26)20(23)11-17-4-2-3-5-19(17)28-22/h2-11H,12-14H2,1H3,(H,24,27). The third-order valence-corrected chi connectivity index (χ3v) is 5.51. The minimum atomic E-state index is -1.05. The van der Waals surface area contributed by atoms with Crippen LogP contribution >= 0.6 is 0 Å². The molecule has 3 heterocycles. The average molecular weight is 377 g/mol. The molecular formula is C22H20FN3O2. The molecule has 28 heavy (non-hydrogen) atoms. The van der Waals surface area contributed by atoms with Crippen LogP contribution in [0.25, 0.3) is 17.0 Å². The molecule has 0 radical (unpaired) electrons. The van der Waals surface area contributed by atoms with Gasteiger partial charge < -0.3 is 19.5 Å². The highest BCUT2D eigenvalue weighted by Crippen LogP contribution is 2.41. The van der Waals surface area contributed by atoms with E-state index in [1.807, 2.05) is 55.7 Å². The van der Waals surface area contributed by atoms with Crippen LogP contribution in [0.2, 0.25) is 0 Å². The Morgan fingerprint density at radius 3 is 2.89 bits per heavy atom. The third kappa shape index (κ3) is 2.64. The number of carbonyl (C=O) groups is 1. The van der Waals surface area contributed by atoms with Gasteiger partial charge in [0.1, 0.15) is 11.6 Å². The van der Waals surface area contributed by atoms with Crippen molar-refractivity contribution >= 4 is 23.0 Å². The number of rotatable bonds is 2. The number of nitrogens with zero attached hydrogens (tertiary/aromatic N) is 2. The van der Waals surface area contributed by atoms with Gasteiger partial charge in [0.25, 0.3) is 0 Å². The van der Waals surface area contributed by atoms with E-state index >= 15 is 0 Å². The third-order valence-electron chi connectivity index (χ3n) is 5.51. The molecule has 1 N–H and O–H groups in total. The van der Waals surface area contributed by atoms with Gasteiger partial charge in [0.15, 0.2) is 5.60 Å². The van der Waals surface area contributed by atoms with Crippen LogP contribution in [0.4, 0.5) is 9.18 Å².